The second-order valence-corrected chi connectivity index (χ2v) is 10.4. The highest BCUT2D eigenvalue weighted by Crippen LogP contribution is 2.36. The van der Waals surface area contributed by atoms with E-state index in [1.165, 1.54) is 5.56 Å². The second-order valence-electron chi connectivity index (χ2n) is 10.4. The Labute approximate surface area is 194 Å². The van der Waals surface area contributed by atoms with Crippen LogP contribution in [0, 0.1) is 5.41 Å². The molecule has 4 heteroatoms. The molecule has 0 aliphatic heterocycles. The van der Waals surface area contributed by atoms with E-state index in [-0.39, 0.29) is 23.9 Å². The first kappa shape index (κ1) is 26.1. The van der Waals surface area contributed by atoms with E-state index in [4.69, 9.17) is 4.74 Å². The molecule has 0 radical (unpaired) electrons. The van der Waals surface area contributed by atoms with Crippen LogP contribution in [0.15, 0.2) is 48.5 Å². The lowest BCUT2D eigenvalue weighted by Gasteiger charge is -2.32. The number of hydrogen-bond acceptors (Lipinski definition) is 4. The summed E-state index contributed by atoms with van der Waals surface area (Å²) in [6.07, 6.45) is 1.23. The van der Waals surface area contributed by atoms with Gasteiger partial charge in [0.1, 0.15) is 5.75 Å². The molecule has 1 N–H and O–H groups in total. The molecule has 0 aliphatic carbocycles. The van der Waals surface area contributed by atoms with Crippen molar-refractivity contribution >= 4 is 5.97 Å². The molecule has 0 aromatic heterocycles. The van der Waals surface area contributed by atoms with Crippen LogP contribution < -0.4 is 4.74 Å². The van der Waals surface area contributed by atoms with Crippen LogP contribution >= 0.6 is 0 Å². The lowest BCUT2D eigenvalue weighted by Crippen LogP contribution is -2.38. The topological polar surface area (TPSA) is 49.8 Å². The molecule has 1 atom stereocenters. The SMILES string of the molecule is CC(C)N(CC[C@H](c1ccccc1)c1cc(CO)ccc1OC(=O)CC(C)(C)C)C(C)C. The zero-order chi connectivity index (χ0) is 23.9. The third kappa shape index (κ3) is 7.75. The Hall–Kier alpha value is -2.17. The van der Waals surface area contributed by atoms with Crippen LogP contribution in [0.25, 0.3) is 0 Å². The van der Waals surface area contributed by atoms with Gasteiger partial charge in [0.05, 0.1) is 13.0 Å². The summed E-state index contributed by atoms with van der Waals surface area (Å²) in [4.78, 5) is 15.1. The molecular formula is C28H41NO3. The molecule has 0 aliphatic rings. The summed E-state index contributed by atoms with van der Waals surface area (Å²) in [5.41, 5.74) is 2.82. The van der Waals surface area contributed by atoms with E-state index in [1.54, 1.807) is 0 Å². The lowest BCUT2D eigenvalue weighted by molar-refractivity contribution is -0.136. The van der Waals surface area contributed by atoms with Crippen molar-refractivity contribution in [2.75, 3.05) is 6.54 Å². The summed E-state index contributed by atoms with van der Waals surface area (Å²) in [5, 5.41) is 9.79. The van der Waals surface area contributed by atoms with Gasteiger partial charge in [0.2, 0.25) is 0 Å². The standard InChI is InChI=1S/C28H41NO3/c1-20(2)29(21(3)4)16-15-24(23-11-9-8-10-12-23)25-17-22(19-30)13-14-26(25)32-27(31)18-28(5,6)7/h8-14,17,20-21,24,30H,15-16,18-19H2,1-7H3/t24-/m1/s1. The maximum Gasteiger partial charge on any atom is 0.311 e. The summed E-state index contributed by atoms with van der Waals surface area (Å²) in [6.45, 7) is 15.9. The van der Waals surface area contributed by atoms with Crippen molar-refractivity contribution in [1.82, 2.24) is 4.90 Å². The van der Waals surface area contributed by atoms with Gasteiger partial charge in [-0.1, -0.05) is 57.2 Å². The first-order chi connectivity index (χ1) is 15.0. The maximum atomic E-state index is 12.7. The van der Waals surface area contributed by atoms with Crippen LogP contribution in [-0.2, 0) is 11.4 Å². The van der Waals surface area contributed by atoms with Gasteiger partial charge in [-0.15, -0.1) is 0 Å². The molecule has 0 bridgehead atoms. The van der Waals surface area contributed by atoms with E-state index in [0.717, 1.165) is 24.1 Å². The molecule has 2 aromatic rings. The molecule has 2 rings (SSSR count). The van der Waals surface area contributed by atoms with Crippen LogP contribution in [0.2, 0.25) is 0 Å². The zero-order valence-electron chi connectivity index (χ0n) is 20.9. The van der Waals surface area contributed by atoms with Crippen molar-refractivity contribution in [3.05, 3.63) is 65.2 Å². The molecule has 0 amide bonds. The van der Waals surface area contributed by atoms with Crippen LogP contribution in [0.1, 0.15) is 83.9 Å². The number of aliphatic hydroxyl groups excluding tert-OH is 1. The van der Waals surface area contributed by atoms with Gasteiger partial charge in [0, 0.05) is 23.6 Å². The van der Waals surface area contributed by atoms with E-state index >= 15 is 0 Å². The van der Waals surface area contributed by atoms with Gasteiger partial charge < -0.3 is 9.84 Å². The fourth-order valence-electron chi connectivity index (χ4n) is 4.23. The van der Waals surface area contributed by atoms with Crippen LogP contribution in [0.3, 0.4) is 0 Å². The number of carbonyl (C=O) groups is 1. The van der Waals surface area contributed by atoms with Crippen molar-refractivity contribution < 1.29 is 14.6 Å². The zero-order valence-corrected chi connectivity index (χ0v) is 20.9. The quantitative estimate of drug-likeness (QED) is 0.356. The Bertz CT molecular complexity index is 845. The fourth-order valence-corrected chi connectivity index (χ4v) is 4.23. The number of ether oxygens (including phenoxy) is 1. The number of hydrogen-bond donors (Lipinski definition) is 1. The van der Waals surface area contributed by atoms with E-state index in [9.17, 15) is 9.90 Å². The lowest BCUT2D eigenvalue weighted by atomic mass is 9.86. The van der Waals surface area contributed by atoms with E-state index in [1.807, 2.05) is 57.2 Å². The second kappa shape index (κ2) is 11.6. The molecule has 4 nitrogen and oxygen atoms in total. The number of carbonyl (C=O) groups excluding carboxylic acids is 1. The van der Waals surface area contributed by atoms with Crippen LogP contribution in [-0.4, -0.2) is 34.6 Å². The van der Waals surface area contributed by atoms with Gasteiger partial charge in [0.15, 0.2) is 0 Å². The Morgan fingerprint density at radius 2 is 1.62 bits per heavy atom. The third-order valence-corrected chi connectivity index (χ3v) is 5.74. The predicted octanol–water partition coefficient (Wildman–Crippen LogP) is 6.16. The van der Waals surface area contributed by atoms with E-state index in [2.05, 4.69) is 44.7 Å². The molecule has 0 fully saturated rings. The highest BCUT2D eigenvalue weighted by atomic mass is 16.5. The van der Waals surface area contributed by atoms with Crippen LogP contribution in [0.4, 0.5) is 0 Å². The van der Waals surface area contributed by atoms with Gasteiger partial charge in [0.25, 0.3) is 0 Å². The number of benzene rings is 2. The van der Waals surface area contributed by atoms with E-state index in [0.29, 0.717) is 24.3 Å². The Morgan fingerprint density at radius 1 is 1.00 bits per heavy atom. The molecule has 176 valence electrons. The van der Waals surface area contributed by atoms with Gasteiger partial charge in [-0.3, -0.25) is 9.69 Å². The average molecular weight is 440 g/mol. The monoisotopic (exact) mass is 439 g/mol. The van der Waals surface area contributed by atoms with Crippen molar-refractivity contribution in [3.8, 4) is 5.75 Å². The van der Waals surface area contributed by atoms with Crippen molar-refractivity contribution in [3.63, 3.8) is 0 Å². The molecular weight excluding hydrogens is 398 g/mol. The minimum Gasteiger partial charge on any atom is -0.426 e. The molecule has 0 unspecified atom stereocenters. The Balaban J connectivity index is 2.45. The first-order valence-electron chi connectivity index (χ1n) is 11.8. The normalized spacial score (nSPS) is 13.1. The van der Waals surface area contributed by atoms with Gasteiger partial charge in [-0.2, -0.15) is 0 Å². The molecule has 0 saturated carbocycles. The first-order valence-corrected chi connectivity index (χ1v) is 11.8. The molecule has 32 heavy (non-hydrogen) atoms. The fraction of sp³-hybridized carbons (Fsp3) is 0.536. The Morgan fingerprint density at radius 3 is 2.16 bits per heavy atom. The summed E-state index contributed by atoms with van der Waals surface area (Å²) < 4.78 is 5.89. The maximum absolute atomic E-state index is 12.7. The van der Waals surface area contributed by atoms with Crippen molar-refractivity contribution in [1.29, 1.82) is 0 Å². The van der Waals surface area contributed by atoms with Crippen LogP contribution in [0.5, 0.6) is 5.75 Å². The molecule has 0 heterocycles. The van der Waals surface area contributed by atoms with E-state index < -0.39 is 0 Å². The number of nitrogens with zero attached hydrogens (tertiary/aromatic N) is 1. The van der Waals surface area contributed by atoms with Gasteiger partial charge in [-0.05, 0) is 69.3 Å². The predicted molar refractivity (Wildman–Crippen MR) is 132 cm³/mol. The van der Waals surface area contributed by atoms with Gasteiger partial charge in [-0.25, -0.2) is 0 Å². The summed E-state index contributed by atoms with van der Waals surface area (Å²) in [7, 11) is 0. The molecule has 2 aromatic carbocycles. The number of rotatable bonds is 10. The van der Waals surface area contributed by atoms with Crippen molar-refractivity contribution in [2.45, 2.75) is 85.9 Å². The smallest absolute Gasteiger partial charge is 0.311 e. The summed E-state index contributed by atoms with van der Waals surface area (Å²) in [5.74, 6) is 0.416. The number of esters is 1. The minimum atomic E-state index is -0.228. The van der Waals surface area contributed by atoms with Gasteiger partial charge >= 0.3 is 5.97 Å². The highest BCUT2D eigenvalue weighted by Gasteiger charge is 2.24. The Kier molecular flexibility index (Phi) is 9.47. The molecule has 0 saturated heterocycles. The summed E-state index contributed by atoms with van der Waals surface area (Å²) >= 11 is 0. The highest BCUT2D eigenvalue weighted by molar-refractivity contribution is 5.73. The summed E-state index contributed by atoms with van der Waals surface area (Å²) in [6, 6.07) is 16.9. The van der Waals surface area contributed by atoms with Crippen molar-refractivity contribution in [2.24, 2.45) is 5.41 Å². The average Bonchev–Trinajstić information content (AvgIpc) is 2.70. The third-order valence-electron chi connectivity index (χ3n) is 5.74. The molecule has 0 spiro atoms. The largest absolute Gasteiger partial charge is 0.426 e. The minimum absolute atomic E-state index is 0.0468. The number of aliphatic hydroxyl groups is 1.